The fourth-order valence-electron chi connectivity index (χ4n) is 3.44. The minimum Gasteiger partial charge on any atom is -0.356 e. The van der Waals surface area contributed by atoms with Crippen molar-refractivity contribution in [3.63, 3.8) is 0 Å². The maximum absolute atomic E-state index is 11.9. The fourth-order valence-corrected chi connectivity index (χ4v) is 3.44. The van der Waals surface area contributed by atoms with Gasteiger partial charge in [0, 0.05) is 37.4 Å². The van der Waals surface area contributed by atoms with E-state index in [0.717, 1.165) is 25.5 Å². The molecular weight excluding hydrogens is 264 g/mol. The van der Waals surface area contributed by atoms with Gasteiger partial charge in [0.2, 0.25) is 11.9 Å². The van der Waals surface area contributed by atoms with Crippen LogP contribution in [0, 0.1) is 5.92 Å². The van der Waals surface area contributed by atoms with Crippen molar-refractivity contribution in [2.24, 2.45) is 5.92 Å². The molecule has 114 valence electrons. The number of carbonyl (C=O) groups is 1. The highest BCUT2D eigenvalue weighted by Gasteiger charge is 2.29. The molecule has 0 bridgehead atoms. The molecule has 1 aromatic rings. The summed E-state index contributed by atoms with van der Waals surface area (Å²) in [6.07, 6.45) is 7.88. The second-order valence-electron chi connectivity index (χ2n) is 6.09. The Morgan fingerprint density at radius 3 is 2.95 bits per heavy atom. The molecule has 1 atom stereocenters. The molecule has 5 heteroatoms. The molecule has 0 aromatic carbocycles. The molecule has 2 fully saturated rings. The van der Waals surface area contributed by atoms with Gasteiger partial charge in [-0.15, -0.1) is 0 Å². The molecule has 3 rings (SSSR count). The van der Waals surface area contributed by atoms with Gasteiger partial charge in [-0.1, -0.05) is 12.8 Å². The molecule has 1 amide bonds. The molecule has 2 aliphatic rings. The summed E-state index contributed by atoms with van der Waals surface area (Å²) in [6.45, 7) is 4.26. The Morgan fingerprint density at radius 1 is 1.38 bits per heavy atom. The summed E-state index contributed by atoms with van der Waals surface area (Å²) in [6, 6.07) is 2.05. The van der Waals surface area contributed by atoms with Gasteiger partial charge in [0.25, 0.3) is 0 Å². The van der Waals surface area contributed by atoms with Crippen LogP contribution in [0.2, 0.25) is 0 Å². The maximum atomic E-state index is 11.9. The lowest BCUT2D eigenvalue weighted by molar-refractivity contribution is -0.124. The van der Waals surface area contributed by atoms with Gasteiger partial charge < -0.3 is 10.2 Å². The van der Waals surface area contributed by atoms with Crippen LogP contribution in [0.1, 0.15) is 50.6 Å². The van der Waals surface area contributed by atoms with Crippen LogP contribution in [0.4, 0.5) is 5.95 Å². The van der Waals surface area contributed by atoms with E-state index in [-0.39, 0.29) is 11.8 Å². The van der Waals surface area contributed by atoms with Crippen LogP contribution in [0.25, 0.3) is 0 Å². The number of hydrogen-bond acceptors (Lipinski definition) is 4. The first kappa shape index (κ1) is 14.3. The second kappa shape index (κ2) is 6.41. The quantitative estimate of drug-likeness (QED) is 0.921. The molecule has 1 aliphatic carbocycles. The SMILES string of the molecule is CCNC(=O)[C@@H]1CCN(c2nccc(C3CCCC3)n2)C1. The predicted octanol–water partition coefficient (Wildman–Crippen LogP) is 2.10. The number of hydrogen-bond donors (Lipinski definition) is 1. The molecule has 1 saturated carbocycles. The first-order valence-electron chi connectivity index (χ1n) is 8.13. The van der Waals surface area contributed by atoms with Crippen molar-refractivity contribution in [2.45, 2.75) is 44.9 Å². The monoisotopic (exact) mass is 288 g/mol. The molecule has 1 aliphatic heterocycles. The molecular formula is C16H24N4O. The fraction of sp³-hybridized carbons (Fsp3) is 0.688. The molecule has 0 spiro atoms. The van der Waals surface area contributed by atoms with Gasteiger partial charge in [0.15, 0.2) is 0 Å². The number of aromatic nitrogens is 2. The molecule has 2 heterocycles. The van der Waals surface area contributed by atoms with Crippen LogP contribution >= 0.6 is 0 Å². The zero-order valence-electron chi connectivity index (χ0n) is 12.7. The lowest BCUT2D eigenvalue weighted by Gasteiger charge is -2.18. The van der Waals surface area contributed by atoms with Gasteiger partial charge in [-0.05, 0) is 32.3 Å². The van der Waals surface area contributed by atoms with Crippen molar-refractivity contribution in [1.82, 2.24) is 15.3 Å². The van der Waals surface area contributed by atoms with Crippen LogP contribution in [-0.4, -0.2) is 35.5 Å². The van der Waals surface area contributed by atoms with Crippen LogP contribution in [0.3, 0.4) is 0 Å². The van der Waals surface area contributed by atoms with E-state index in [2.05, 4.69) is 21.3 Å². The van der Waals surface area contributed by atoms with Crippen molar-refractivity contribution < 1.29 is 4.79 Å². The van der Waals surface area contributed by atoms with E-state index in [4.69, 9.17) is 4.98 Å². The first-order valence-corrected chi connectivity index (χ1v) is 8.13. The second-order valence-corrected chi connectivity index (χ2v) is 6.09. The molecule has 1 aromatic heterocycles. The minimum atomic E-state index is 0.0729. The Morgan fingerprint density at radius 2 is 2.19 bits per heavy atom. The highest BCUT2D eigenvalue weighted by Crippen LogP contribution is 2.33. The van der Waals surface area contributed by atoms with Gasteiger partial charge in [-0.3, -0.25) is 4.79 Å². The van der Waals surface area contributed by atoms with E-state index in [1.165, 1.54) is 31.4 Å². The third-order valence-corrected chi connectivity index (χ3v) is 4.63. The Labute approximate surface area is 126 Å². The number of nitrogens with zero attached hydrogens (tertiary/aromatic N) is 3. The topological polar surface area (TPSA) is 58.1 Å². The summed E-state index contributed by atoms with van der Waals surface area (Å²) in [7, 11) is 0. The summed E-state index contributed by atoms with van der Waals surface area (Å²) < 4.78 is 0. The van der Waals surface area contributed by atoms with Gasteiger partial charge >= 0.3 is 0 Å². The Hall–Kier alpha value is -1.65. The average Bonchev–Trinajstić information content (AvgIpc) is 3.19. The van der Waals surface area contributed by atoms with Crippen LogP contribution < -0.4 is 10.2 Å². The third-order valence-electron chi connectivity index (χ3n) is 4.63. The van der Waals surface area contributed by atoms with Crippen LogP contribution in [-0.2, 0) is 4.79 Å². The van der Waals surface area contributed by atoms with Crippen molar-refractivity contribution in [1.29, 1.82) is 0 Å². The number of amides is 1. The lowest BCUT2D eigenvalue weighted by atomic mass is 10.0. The van der Waals surface area contributed by atoms with Gasteiger partial charge in [0.05, 0.1) is 5.92 Å². The van der Waals surface area contributed by atoms with Crippen LogP contribution in [0.5, 0.6) is 0 Å². The Balaban J connectivity index is 1.67. The number of carbonyl (C=O) groups excluding carboxylic acids is 1. The van der Waals surface area contributed by atoms with Crippen molar-refractivity contribution in [3.8, 4) is 0 Å². The van der Waals surface area contributed by atoms with E-state index >= 15 is 0 Å². The standard InChI is InChI=1S/C16H24N4O/c1-2-17-15(21)13-8-10-20(11-13)16-18-9-7-14(19-16)12-5-3-4-6-12/h7,9,12-13H,2-6,8,10-11H2,1H3,(H,17,21)/t13-/m1/s1. The molecule has 5 nitrogen and oxygen atoms in total. The van der Waals surface area contributed by atoms with Crippen molar-refractivity contribution in [2.75, 3.05) is 24.5 Å². The lowest BCUT2D eigenvalue weighted by Crippen LogP contribution is -2.32. The predicted molar refractivity (Wildman–Crippen MR) is 82.2 cm³/mol. The minimum absolute atomic E-state index is 0.0729. The van der Waals surface area contributed by atoms with Gasteiger partial charge in [-0.25, -0.2) is 9.97 Å². The van der Waals surface area contributed by atoms with E-state index < -0.39 is 0 Å². The molecule has 1 saturated heterocycles. The average molecular weight is 288 g/mol. The van der Waals surface area contributed by atoms with Gasteiger partial charge in [-0.2, -0.15) is 0 Å². The summed E-state index contributed by atoms with van der Waals surface area (Å²) in [4.78, 5) is 23.2. The van der Waals surface area contributed by atoms with Crippen LogP contribution in [0.15, 0.2) is 12.3 Å². The number of nitrogens with one attached hydrogen (secondary N) is 1. The van der Waals surface area contributed by atoms with Gasteiger partial charge in [0.1, 0.15) is 0 Å². The molecule has 0 radical (unpaired) electrons. The Kier molecular flexibility index (Phi) is 4.36. The number of rotatable bonds is 4. The number of anilines is 1. The summed E-state index contributed by atoms with van der Waals surface area (Å²) >= 11 is 0. The Bertz CT molecular complexity index is 499. The summed E-state index contributed by atoms with van der Waals surface area (Å²) in [5.74, 6) is 1.63. The van der Waals surface area contributed by atoms with E-state index in [1.807, 2.05) is 13.1 Å². The van der Waals surface area contributed by atoms with E-state index in [1.54, 1.807) is 0 Å². The van der Waals surface area contributed by atoms with E-state index in [0.29, 0.717) is 12.5 Å². The molecule has 21 heavy (non-hydrogen) atoms. The summed E-state index contributed by atoms with van der Waals surface area (Å²) in [5, 5.41) is 2.91. The normalized spacial score (nSPS) is 22.7. The maximum Gasteiger partial charge on any atom is 0.225 e. The summed E-state index contributed by atoms with van der Waals surface area (Å²) in [5.41, 5.74) is 1.18. The molecule has 0 unspecified atom stereocenters. The zero-order valence-corrected chi connectivity index (χ0v) is 12.7. The first-order chi connectivity index (χ1) is 10.3. The smallest absolute Gasteiger partial charge is 0.225 e. The van der Waals surface area contributed by atoms with Crippen molar-refractivity contribution in [3.05, 3.63) is 18.0 Å². The zero-order chi connectivity index (χ0) is 14.7. The van der Waals surface area contributed by atoms with Crippen molar-refractivity contribution >= 4 is 11.9 Å². The molecule has 1 N–H and O–H groups in total. The highest BCUT2D eigenvalue weighted by atomic mass is 16.1. The third kappa shape index (κ3) is 3.17. The van der Waals surface area contributed by atoms with E-state index in [9.17, 15) is 4.79 Å². The largest absolute Gasteiger partial charge is 0.356 e. The highest BCUT2D eigenvalue weighted by molar-refractivity contribution is 5.79.